The van der Waals surface area contributed by atoms with Crippen LogP contribution in [0.25, 0.3) is 0 Å². The van der Waals surface area contributed by atoms with Crippen molar-refractivity contribution in [3.05, 3.63) is 23.3 Å². The van der Waals surface area contributed by atoms with Crippen LogP contribution in [0.1, 0.15) is 75.7 Å². The van der Waals surface area contributed by atoms with Gasteiger partial charge in [-0.05, 0) is 90.3 Å². The van der Waals surface area contributed by atoms with Crippen molar-refractivity contribution in [1.29, 1.82) is 0 Å². The fraction of sp³-hybridized carbons (Fsp3) is 0.667. The standard InChI is InChI=1S/C27H39F2N3O5/c1-16(2)32(19-8-6-18(7-9-19)10-13-33)25(35)20-15-21-22(14-17(20)3)37-27(4,5)26(36)31(21)12-11-30-24(34)23(28)29/h14-16,18-19,23,33H,6-13H2,1-5H3,(H,30,34)/t18-,19+. The zero-order chi connectivity index (χ0) is 27.5. The molecule has 1 fully saturated rings. The molecule has 1 saturated carbocycles. The van der Waals surface area contributed by atoms with Crippen molar-refractivity contribution in [2.45, 2.75) is 90.8 Å². The number of halogens is 2. The summed E-state index contributed by atoms with van der Waals surface area (Å²) in [5, 5.41) is 11.4. The average molecular weight is 524 g/mol. The number of aryl methyl sites for hydroxylation is 1. The third-order valence-corrected chi connectivity index (χ3v) is 7.32. The predicted octanol–water partition coefficient (Wildman–Crippen LogP) is 3.67. The van der Waals surface area contributed by atoms with Crippen molar-refractivity contribution in [1.82, 2.24) is 10.2 Å². The minimum atomic E-state index is -3.14. The number of nitrogens with zero attached hydrogens (tertiary/aromatic N) is 2. The van der Waals surface area contributed by atoms with E-state index in [1.165, 1.54) is 4.90 Å². The molecule has 206 valence electrons. The number of alkyl halides is 2. The maximum absolute atomic E-state index is 13.9. The number of carbonyl (C=O) groups excluding carboxylic acids is 3. The van der Waals surface area contributed by atoms with Gasteiger partial charge in [-0.3, -0.25) is 14.4 Å². The van der Waals surface area contributed by atoms with Crippen LogP contribution in [0.15, 0.2) is 12.1 Å². The van der Waals surface area contributed by atoms with Gasteiger partial charge in [-0.2, -0.15) is 8.78 Å². The molecule has 3 amide bonds. The molecule has 0 bridgehead atoms. The summed E-state index contributed by atoms with van der Waals surface area (Å²) in [6.45, 7) is 8.99. The van der Waals surface area contributed by atoms with E-state index in [0.29, 0.717) is 28.5 Å². The fourth-order valence-corrected chi connectivity index (χ4v) is 5.39. The van der Waals surface area contributed by atoms with Gasteiger partial charge in [0.2, 0.25) is 0 Å². The fourth-order valence-electron chi connectivity index (χ4n) is 5.39. The van der Waals surface area contributed by atoms with Crippen LogP contribution in [0.3, 0.4) is 0 Å². The van der Waals surface area contributed by atoms with Crippen molar-refractivity contribution in [2.24, 2.45) is 5.92 Å². The van der Waals surface area contributed by atoms with Crippen LogP contribution in [0.4, 0.5) is 14.5 Å². The quantitative estimate of drug-likeness (QED) is 0.515. The molecular formula is C27H39F2N3O5. The zero-order valence-electron chi connectivity index (χ0n) is 22.4. The third kappa shape index (κ3) is 6.40. The van der Waals surface area contributed by atoms with Gasteiger partial charge in [-0.1, -0.05) is 0 Å². The van der Waals surface area contributed by atoms with E-state index in [4.69, 9.17) is 4.74 Å². The van der Waals surface area contributed by atoms with E-state index in [0.717, 1.165) is 32.1 Å². The predicted molar refractivity (Wildman–Crippen MR) is 136 cm³/mol. The number of benzene rings is 1. The SMILES string of the molecule is Cc1cc2c(cc1C(=O)N(C(C)C)[C@H]1CC[C@@H](CCO)CC1)N(CCNC(=O)C(F)F)C(=O)C(C)(C)O2. The second kappa shape index (κ2) is 11.8. The number of hydrogen-bond donors (Lipinski definition) is 2. The molecule has 3 rings (SSSR count). The van der Waals surface area contributed by atoms with Crippen LogP contribution >= 0.6 is 0 Å². The first-order chi connectivity index (χ1) is 17.4. The lowest BCUT2D eigenvalue weighted by molar-refractivity contribution is -0.133. The van der Waals surface area contributed by atoms with Gasteiger partial charge in [0.1, 0.15) is 5.75 Å². The van der Waals surface area contributed by atoms with E-state index >= 15 is 0 Å². The van der Waals surface area contributed by atoms with Gasteiger partial charge >= 0.3 is 6.43 Å². The minimum Gasteiger partial charge on any atom is -0.476 e. The molecule has 8 nitrogen and oxygen atoms in total. The Balaban J connectivity index is 1.90. The summed E-state index contributed by atoms with van der Waals surface area (Å²) in [5.74, 6) is -1.04. The molecule has 0 spiro atoms. The molecule has 0 unspecified atom stereocenters. The minimum absolute atomic E-state index is 0.0418. The maximum atomic E-state index is 13.9. The van der Waals surface area contributed by atoms with E-state index in [1.54, 1.807) is 26.0 Å². The lowest BCUT2D eigenvalue weighted by atomic mass is 9.83. The van der Waals surface area contributed by atoms with Crippen LogP contribution in [-0.2, 0) is 9.59 Å². The third-order valence-electron chi connectivity index (χ3n) is 7.32. The highest BCUT2D eigenvalue weighted by Crippen LogP contribution is 2.40. The lowest BCUT2D eigenvalue weighted by Gasteiger charge is -2.41. The number of rotatable bonds is 9. The van der Waals surface area contributed by atoms with Gasteiger partial charge < -0.3 is 25.0 Å². The van der Waals surface area contributed by atoms with Gasteiger partial charge in [-0.15, -0.1) is 0 Å². The number of nitrogens with one attached hydrogen (secondary N) is 1. The van der Waals surface area contributed by atoms with Crippen molar-refractivity contribution < 1.29 is 33.0 Å². The van der Waals surface area contributed by atoms with E-state index in [2.05, 4.69) is 5.32 Å². The lowest BCUT2D eigenvalue weighted by Crippen LogP contribution is -2.54. The Morgan fingerprint density at radius 3 is 2.43 bits per heavy atom. The number of carbonyl (C=O) groups is 3. The molecule has 0 atom stereocenters. The first kappa shape index (κ1) is 28.8. The summed E-state index contributed by atoms with van der Waals surface area (Å²) in [5.41, 5.74) is 0.330. The monoisotopic (exact) mass is 523 g/mol. The molecule has 0 saturated heterocycles. The summed E-state index contributed by atoms with van der Waals surface area (Å²) in [6.07, 6.45) is 1.29. The molecule has 1 aliphatic heterocycles. The normalized spacial score (nSPS) is 21.0. The van der Waals surface area contributed by atoms with Crippen molar-refractivity contribution in [2.75, 3.05) is 24.6 Å². The highest BCUT2D eigenvalue weighted by Gasteiger charge is 2.42. The molecule has 10 heteroatoms. The maximum Gasteiger partial charge on any atom is 0.315 e. The average Bonchev–Trinajstić information content (AvgIpc) is 2.82. The molecule has 1 aromatic rings. The summed E-state index contributed by atoms with van der Waals surface area (Å²) < 4.78 is 31.2. The summed E-state index contributed by atoms with van der Waals surface area (Å²) in [7, 11) is 0. The highest BCUT2D eigenvalue weighted by atomic mass is 19.3. The van der Waals surface area contributed by atoms with Gasteiger partial charge in [0.15, 0.2) is 5.60 Å². The van der Waals surface area contributed by atoms with Gasteiger partial charge in [0.25, 0.3) is 17.7 Å². The first-order valence-electron chi connectivity index (χ1n) is 13.0. The van der Waals surface area contributed by atoms with E-state index in [9.17, 15) is 28.3 Å². The molecule has 0 aromatic heterocycles. The van der Waals surface area contributed by atoms with Crippen LogP contribution in [0, 0.1) is 12.8 Å². The Labute approximate surface area is 217 Å². The Kier molecular flexibility index (Phi) is 9.15. The van der Waals surface area contributed by atoms with Gasteiger partial charge in [0.05, 0.1) is 5.69 Å². The number of hydrogen-bond acceptors (Lipinski definition) is 5. The first-order valence-corrected chi connectivity index (χ1v) is 13.0. The zero-order valence-corrected chi connectivity index (χ0v) is 22.4. The number of aliphatic hydroxyl groups is 1. The largest absolute Gasteiger partial charge is 0.476 e. The van der Waals surface area contributed by atoms with E-state index < -0.39 is 23.8 Å². The number of anilines is 1. The molecule has 0 radical (unpaired) electrons. The van der Waals surface area contributed by atoms with E-state index in [-0.39, 0.29) is 37.7 Å². The van der Waals surface area contributed by atoms with Crippen LogP contribution in [-0.4, -0.2) is 71.5 Å². The topological polar surface area (TPSA) is 99.2 Å². The molecule has 2 N–H and O–H groups in total. The Bertz CT molecular complexity index is 1010. The number of aliphatic hydroxyl groups excluding tert-OH is 1. The second-order valence-electron chi connectivity index (χ2n) is 10.8. The van der Waals surface area contributed by atoms with Crippen molar-refractivity contribution >= 4 is 23.4 Å². The van der Waals surface area contributed by atoms with Crippen molar-refractivity contribution in [3.63, 3.8) is 0 Å². The summed E-state index contributed by atoms with van der Waals surface area (Å²) >= 11 is 0. The molecule has 1 heterocycles. The van der Waals surface area contributed by atoms with Crippen LogP contribution in [0.2, 0.25) is 0 Å². The number of amides is 3. The number of fused-ring (bicyclic) bond motifs is 1. The van der Waals surface area contributed by atoms with Crippen LogP contribution < -0.4 is 15.0 Å². The van der Waals surface area contributed by atoms with Crippen molar-refractivity contribution in [3.8, 4) is 5.75 Å². The molecule has 1 aliphatic carbocycles. The molecular weight excluding hydrogens is 484 g/mol. The summed E-state index contributed by atoms with van der Waals surface area (Å²) in [6, 6.07) is 3.41. The second-order valence-corrected chi connectivity index (χ2v) is 10.8. The Morgan fingerprint density at radius 2 is 1.86 bits per heavy atom. The number of ether oxygens (including phenoxy) is 1. The Morgan fingerprint density at radius 1 is 1.22 bits per heavy atom. The molecule has 2 aliphatic rings. The molecule has 37 heavy (non-hydrogen) atoms. The summed E-state index contributed by atoms with van der Waals surface area (Å²) in [4.78, 5) is 41.7. The smallest absolute Gasteiger partial charge is 0.315 e. The van der Waals surface area contributed by atoms with Gasteiger partial charge in [0, 0.05) is 37.3 Å². The highest BCUT2D eigenvalue weighted by molar-refractivity contribution is 6.05. The van der Waals surface area contributed by atoms with Crippen LogP contribution in [0.5, 0.6) is 5.75 Å². The molecule has 1 aromatic carbocycles. The Hall–Kier alpha value is -2.75. The van der Waals surface area contributed by atoms with E-state index in [1.807, 2.05) is 25.7 Å². The van der Waals surface area contributed by atoms with Gasteiger partial charge in [-0.25, -0.2) is 0 Å².